The van der Waals surface area contributed by atoms with Gasteiger partial charge in [0.2, 0.25) is 6.29 Å². The molecule has 0 aliphatic carbocycles. The quantitative estimate of drug-likeness (QED) is 0.107. The Hall–Kier alpha value is -4.58. The summed E-state index contributed by atoms with van der Waals surface area (Å²) in [7, 11) is 1.52. The number of nitrogens with zero attached hydrogens (tertiary/aromatic N) is 2. The molecule has 1 aromatic heterocycles. The summed E-state index contributed by atoms with van der Waals surface area (Å²) in [6, 6.07) is 11.8. The number of fused-ring (bicyclic) bond motifs is 1. The summed E-state index contributed by atoms with van der Waals surface area (Å²) in [6.45, 7) is 2.57. The van der Waals surface area contributed by atoms with Crippen LogP contribution >= 0.6 is 11.6 Å². The van der Waals surface area contributed by atoms with Gasteiger partial charge in [-0.2, -0.15) is 0 Å². The summed E-state index contributed by atoms with van der Waals surface area (Å²) < 4.78 is 21.3. The first-order valence-electron chi connectivity index (χ1n) is 11.5. The first-order valence-corrected chi connectivity index (χ1v) is 11.9. The Balaban J connectivity index is 1.65. The molecule has 2 aromatic carbocycles. The molecule has 13 heteroatoms. The SMILES string of the molecule is COc1ccc2c(c1)c(CC(=O)OCC=CCOC(=O)OC(C)O[N+](=O)[O-])c(C)n2C(=O)c1ccc(Cl)cc1. The van der Waals surface area contributed by atoms with E-state index in [1.54, 1.807) is 49.4 Å². The van der Waals surface area contributed by atoms with E-state index in [0.717, 1.165) is 6.92 Å². The second-order valence-corrected chi connectivity index (χ2v) is 8.44. The molecular formula is C26H25ClN2O10. The summed E-state index contributed by atoms with van der Waals surface area (Å²) in [5.41, 5.74) is 2.23. The second-order valence-electron chi connectivity index (χ2n) is 8.00. The Bertz CT molecular complexity index is 1400. The van der Waals surface area contributed by atoms with Gasteiger partial charge in [-0.3, -0.25) is 19.0 Å². The average Bonchev–Trinajstić information content (AvgIpc) is 3.15. The van der Waals surface area contributed by atoms with Crippen molar-refractivity contribution >= 4 is 40.5 Å². The highest BCUT2D eigenvalue weighted by Crippen LogP contribution is 2.31. The van der Waals surface area contributed by atoms with Gasteiger partial charge in [0, 0.05) is 21.7 Å². The van der Waals surface area contributed by atoms with Gasteiger partial charge in [-0.1, -0.05) is 11.6 Å². The number of ether oxygens (including phenoxy) is 4. The number of carbonyl (C=O) groups excluding carboxylic acids is 3. The maximum absolute atomic E-state index is 13.4. The van der Waals surface area contributed by atoms with Crippen LogP contribution in [0.15, 0.2) is 54.6 Å². The number of methoxy groups -OCH3 is 1. The third kappa shape index (κ3) is 7.71. The monoisotopic (exact) mass is 560 g/mol. The van der Waals surface area contributed by atoms with Crippen molar-refractivity contribution in [1.82, 2.24) is 4.57 Å². The Kier molecular flexibility index (Phi) is 9.87. The Morgan fingerprint density at radius 1 is 1.08 bits per heavy atom. The maximum Gasteiger partial charge on any atom is 0.510 e. The lowest BCUT2D eigenvalue weighted by molar-refractivity contribution is -0.777. The molecule has 0 aliphatic rings. The summed E-state index contributed by atoms with van der Waals surface area (Å²) in [6.07, 6.45) is 0.155. The zero-order chi connectivity index (χ0) is 28.5. The van der Waals surface area contributed by atoms with Crippen molar-refractivity contribution in [3.63, 3.8) is 0 Å². The molecule has 3 rings (SSSR count). The van der Waals surface area contributed by atoms with Gasteiger partial charge >= 0.3 is 12.1 Å². The smallest absolute Gasteiger partial charge is 0.497 e. The first kappa shape index (κ1) is 29.0. The van der Waals surface area contributed by atoms with Gasteiger partial charge in [-0.15, -0.1) is 10.1 Å². The highest BCUT2D eigenvalue weighted by molar-refractivity contribution is 6.30. The maximum atomic E-state index is 13.4. The minimum atomic E-state index is -1.42. The van der Waals surface area contributed by atoms with E-state index < -0.39 is 23.5 Å². The van der Waals surface area contributed by atoms with Gasteiger partial charge in [-0.25, -0.2) is 4.79 Å². The standard InChI is InChI=1S/C26H25ClN2O10/c1-16-21(15-24(30)36-12-4-5-13-37-26(32)38-17(2)39-29(33)34)22-14-20(35-3)10-11-23(22)28(16)25(31)18-6-8-19(27)9-7-18/h4-11,14,17H,12-13,15H2,1-3H3. The van der Waals surface area contributed by atoms with Gasteiger partial charge in [0.15, 0.2) is 0 Å². The van der Waals surface area contributed by atoms with Crippen molar-refractivity contribution in [3.8, 4) is 5.75 Å². The first-order chi connectivity index (χ1) is 18.6. The normalized spacial score (nSPS) is 11.7. The molecule has 3 aromatic rings. The highest BCUT2D eigenvalue weighted by atomic mass is 35.5. The molecule has 1 unspecified atom stereocenters. The van der Waals surface area contributed by atoms with Crippen LogP contribution in [0.4, 0.5) is 4.79 Å². The molecule has 39 heavy (non-hydrogen) atoms. The molecule has 0 saturated carbocycles. The molecule has 1 heterocycles. The van der Waals surface area contributed by atoms with Crippen molar-refractivity contribution in [1.29, 1.82) is 0 Å². The topological polar surface area (TPSA) is 145 Å². The summed E-state index contributed by atoms with van der Waals surface area (Å²) >= 11 is 5.96. The van der Waals surface area contributed by atoms with Crippen LogP contribution in [0.25, 0.3) is 10.9 Å². The van der Waals surface area contributed by atoms with E-state index in [1.807, 2.05) is 0 Å². The zero-order valence-electron chi connectivity index (χ0n) is 21.2. The number of carbonyl (C=O) groups is 3. The predicted octanol–water partition coefficient (Wildman–Crippen LogP) is 4.65. The van der Waals surface area contributed by atoms with Crippen molar-refractivity contribution in [2.75, 3.05) is 20.3 Å². The van der Waals surface area contributed by atoms with Crippen molar-refractivity contribution < 1.29 is 43.3 Å². The predicted molar refractivity (Wildman–Crippen MR) is 138 cm³/mol. The molecule has 0 radical (unpaired) electrons. The van der Waals surface area contributed by atoms with Crippen molar-refractivity contribution in [3.05, 3.63) is 86.6 Å². The minimum absolute atomic E-state index is 0.108. The van der Waals surface area contributed by atoms with E-state index >= 15 is 0 Å². The van der Waals surface area contributed by atoms with E-state index in [4.69, 9.17) is 25.8 Å². The number of hydrogen-bond donors (Lipinski definition) is 0. The number of halogens is 1. The molecule has 0 amide bonds. The zero-order valence-corrected chi connectivity index (χ0v) is 22.0. The van der Waals surface area contributed by atoms with Crippen molar-refractivity contribution in [2.45, 2.75) is 26.6 Å². The van der Waals surface area contributed by atoms with Crippen LogP contribution in [0.3, 0.4) is 0 Å². The Morgan fingerprint density at radius 3 is 2.38 bits per heavy atom. The summed E-state index contributed by atoms with van der Waals surface area (Å²) in [5.74, 6) is -0.261. The van der Waals surface area contributed by atoms with E-state index in [1.165, 1.54) is 23.8 Å². The molecule has 0 N–H and O–H groups in total. The number of benzene rings is 2. The molecule has 0 saturated heterocycles. The van der Waals surface area contributed by atoms with Gasteiger partial charge in [0.05, 0.1) is 19.0 Å². The van der Waals surface area contributed by atoms with Crippen LogP contribution in [0.1, 0.15) is 28.5 Å². The number of aromatic nitrogens is 1. The second kappa shape index (κ2) is 13.3. The fraction of sp³-hybridized carbons (Fsp3) is 0.269. The van der Waals surface area contributed by atoms with E-state index in [-0.39, 0.29) is 25.5 Å². The molecule has 12 nitrogen and oxygen atoms in total. The summed E-state index contributed by atoms with van der Waals surface area (Å²) in [5, 5.41) is 10.3. The van der Waals surface area contributed by atoms with Gasteiger partial charge in [-0.05, 0) is 74.0 Å². The molecular weight excluding hydrogens is 536 g/mol. The fourth-order valence-corrected chi connectivity index (χ4v) is 3.82. The Morgan fingerprint density at radius 2 is 1.74 bits per heavy atom. The molecule has 0 spiro atoms. The van der Waals surface area contributed by atoms with Crippen LogP contribution in [0, 0.1) is 17.0 Å². The van der Waals surface area contributed by atoms with Crippen LogP contribution in [-0.2, 0) is 30.3 Å². The lowest BCUT2D eigenvalue weighted by Gasteiger charge is -2.09. The molecule has 1 atom stereocenters. The third-order valence-corrected chi connectivity index (χ3v) is 5.71. The van der Waals surface area contributed by atoms with Gasteiger partial charge in [0.1, 0.15) is 19.0 Å². The molecule has 0 bridgehead atoms. The van der Waals surface area contributed by atoms with E-state index in [0.29, 0.717) is 38.5 Å². The number of hydrogen-bond acceptors (Lipinski definition) is 10. The van der Waals surface area contributed by atoms with E-state index in [9.17, 15) is 24.5 Å². The number of esters is 1. The summed E-state index contributed by atoms with van der Waals surface area (Å²) in [4.78, 5) is 51.6. The van der Waals surface area contributed by atoms with Crippen LogP contribution < -0.4 is 4.74 Å². The van der Waals surface area contributed by atoms with Gasteiger partial charge in [0.25, 0.3) is 11.0 Å². The lowest BCUT2D eigenvalue weighted by atomic mass is 10.1. The Labute approximate surface area is 227 Å². The van der Waals surface area contributed by atoms with Crippen LogP contribution in [0.2, 0.25) is 5.02 Å². The largest absolute Gasteiger partial charge is 0.510 e. The average molecular weight is 561 g/mol. The minimum Gasteiger partial charge on any atom is -0.497 e. The van der Waals surface area contributed by atoms with Crippen molar-refractivity contribution in [2.24, 2.45) is 0 Å². The molecule has 0 aliphatic heterocycles. The highest BCUT2D eigenvalue weighted by Gasteiger charge is 2.22. The van der Waals surface area contributed by atoms with Gasteiger partial charge < -0.3 is 18.9 Å². The lowest BCUT2D eigenvalue weighted by Crippen LogP contribution is -2.21. The number of rotatable bonds is 11. The molecule has 0 fully saturated rings. The fourth-order valence-electron chi connectivity index (χ4n) is 3.70. The van der Waals surface area contributed by atoms with Crippen LogP contribution in [-0.4, -0.2) is 54.3 Å². The third-order valence-electron chi connectivity index (χ3n) is 5.46. The van der Waals surface area contributed by atoms with Crippen LogP contribution in [0.5, 0.6) is 5.75 Å². The molecule has 206 valence electrons. The van der Waals surface area contributed by atoms with E-state index in [2.05, 4.69) is 9.57 Å².